The number of carbonyl (C=O) groups excluding carboxylic acids is 4. The zero-order valence-electron chi connectivity index (χ0n) is 25.4. The molecule has 0 heterocycles. The zero-order chi connectivity index (χ0) is 31.6. The molecule has 3 aliphatic carbocycles. The summed E-state index contributed by atoms with van der Waals surface area (Å²) in [7, 11) is 6.88. The fourth-order valence-electron chi connectivity index (χ4n) is 6.62. The van der Waals surface area contributed by atoms with E-state index in [1.54, 1.807) is 44.1 Å². The van der Waals surface area contributed by atoms with Crippen molar-refractivity contribution in [1.82, 2.24) is 10.2 Å². The first-order valence-corrected chi connectivity index (χ1v) is 13.9. The smallest absolute Gasteiger partial charge is 0.255 e. The molecule has 1 aromatic rings. The molecule has 1 fully saturated rings. The van der Waals surface area contributed by atoms with Gasteiger partial charge in [0.05, 0.1) is 29.3 Å². The lowest BCUT2D eigenvalue weighted by Crippen LogP contribution is -2.60. The quantitative estimate of drug-likeness (QED) is 0.212. The number of ketones is 2. The van der Waals surface area contributed by atoms with E-state index in [0.29, 0.717) is 11.3 Å². The lowest BCUT2D eigenvalue weighted by atomic mass is 9.53. The van der Waals surface area contributed by atoms with E-state index in [2.05, 4.69) is 10.6 Å². The van der Waals surface area contributed by atoms with E-state index in [-0.39, 0.29) is 41.7 Å². The summed E-state index contributed by atoms with van der Waals surface area (Å²) >= 11 is 0. The number of primary amides is 1. The molecule has 1 unspecified atom stereocenters. The molecule has 0 saturated heterocycles. The van der Waals surface area contributed by atoms with Gasteiger partial charge in [0.15, 0.2) is 11.6 Å². The summed E-state index contributed by atoms with van der Waals surface area (Å²) < 4.78 is 0. The number of fused-ring (bicyclic) bond motifs is 3. The lowest BCUT2D eigenvalue weighted by Gasteiger charge is -2.51. The number of Topliss-reactive ketones (excluding diaryl/α,β-unsaturated/α-hetero) is 2. The molecule has 0 bridgehead atoms. The van der Waals surface area contributed by atoms with Crippen molar-refractivity contribution in [2.75, 3.05) is 45.0 Å². The highest BCUT2D eigenvalue weighted by Crippen LogP contribution is 2.57. The Morgan fingerprint density at radius 1 is 1.12 bits per heavy atom. The number of nitrogens with one attached hydrogen (secondary N) is 2. The van der Waals surface area contributed by atoms with Crippen LogP contribution < -0.4 is 21.3 Å². The van der Waals surface area contributed by atoms with Crippen molar-refractivity contribution in [3.63, 3.8) is 0 Å². The number of phenolic OH excluding ortho intramolecular Hbond substituents is 1. The van der Waals surface area contributed by atoms with Crippen LogP contribution in [0.4, 0.5) is 11.4 Å². The highest BCUT2D eigenvalue weighted by atomic mass is 16.3. The van der Waals surface area contributed by atoms with Crippen LogP contribution in [0.3, 0.4) is 0 Å². The summed E-state index contributed by atoms with van der Waals surface area (Å²) in [6, 6.07) is 0.708. The second-order valence-corrected chi connectivity index (χ2v) is 13.1. The molecule has 7 N–H and O–H groups in total. The number of aliphatic hydroxyl groups excluding tert-OH is 2. The van der Waals surface area contributed by atoms with Gasteiger partial charge >= 0.3 is 0 Å². The molecule has 0 spiro atoms. The molecule has 42 heavy (non-hydrogen) atoms. The highest BCUT2D eigenvalue weighted by Gasteiger charge is 2.62. The summed E-state index contributed by atoms with van der Waals surface area (Å²) in [4.78, 5) is 56.0. The van der Waals surface area contributed by atoms with Crippen LogP contribution in [-0.2, 0) is 25.6 Å². The SMILES string of the molecule is CN(C)c1cc(NC(=O)CNC(C)(C)C)c(O)c2c1C[C@H]1C[C@H]3C(N(C)C)C(=O)C(C(N)=O)=C(O)[C@@]3(C)C(=O)C1=C2O. The van der Waals surface area contributed by atoms with E-state index in [4.69, 9.17) is 5.73 Å². The van der Waals surface area contributed by atoms with Crippen molar-refractivity contribution in [3.8, 4) is 5.75 Å². The Morgan fingerprint density at radius 3 is 2.26 bits per heavy atom. The molecule has 12 nitrogen and oxygen atoms in total. The standard InChI is InChI=1S/C30H41N5O7/c1-29(2,3)32-12-18(36)33-16-11-17(34(5)6)14-9-13-10-15-22(35(7)8)25(39)21(28(31)42)27(41)30(15,4)26(40)19(13)24(38)20(14)23(16)37/h11,13,15,22,32,37-38,41H,9-10,12H2,1-8H3,(H2,31,42)(H,33,36)/t13-,15-,22?,30+/m0/s1. The van der Waals surface area contributed by atoms with Crippen molar-refractivity contribution < 1.29 is 34.5 Å². The molecule has 4 rings (SSSR count). The van der Waals surface area contributed by atoms with Gasteiger partial charge in [-0.3, -0.25) is 24.1 Å². The van der Waals surface area contributed by atoms with Gasteiger partial charge in [0.1, 0.15) is 22.8 Å². The third kappa shape index (κ3) is 4.82. The topological polar surface area (TPSA) is 186 Å². The van der Waals surface area contributed by atoms with Gasteiger partial charge in [-0.05, 0) is 72.2 Å². The van der Waals surface area contributed by atoms with Crippen LogP contribution in [0.2, 0.25) is 0 Å². The summed E-state index contributed by atoms with van der Waals surface area (Å²) in [5.41, 5.74) is 4.07. The summed E-state index contributed by atoms with van der Waals surface area (Å²) in [5.74, 6) is -5.69. The van der Waals surface area contributed by atoms with E-state index >= 15 is 0 Å². The molecule has 12 heteroatoms. The summed E-state index contributed by atoms with van der Waals surface area (Å²) in [6.07, 6.45) is 0.478. The fraction of sp³-hybridized carbons (Fsp3) is 0.533. The molecule has 0 radical (unpaired) electrons. The Balaban J connectivity index is 1.89. The number of benzene rings is 1. The van der Waals surface area contributed by atoms with Crippen LogP contribution in [0, 0.1) is 17.3 Å². The molecule has 1 aromatic carbocycles. The number of phenols is 1. The number of anilines is 2. The van der Waals surface area contributed by atoms with Gasteiger partial charge in [-0.25, -0.2) is 0 Å². The first kappa shape index (κ1) is 31.0. The van der Waals surface area contributed by atoms with E-state index in [9.17, 15) is 34.5 Å². The Labute approximate surface area is 245 Å². The minimum absolute atomic E-state index is 0.0107. The van der Waals surface area contributed by atoms with Crippen molar-refractivity contribution in [2.45, 2.75) is 52.1 Å². The Hall–Kier alpha value is -3.90. The minimum atomic E-state index is -1.73. The van der Waals surface area contributed by atoms with Crippen molar-refractivity contribution in [3.05, 3.63) is 34.1 Å². The zero-order valence-corrected chi connectivity index (χ0v) is 25.4. The number of carbonyl (C=O) groups is 4. The number of likely N-dealkylation sites (N-methyl/N-ethyl adjacent to an activating group) is 1. The number of hydrogen-bond acceptors (Lipinski definition) is 10. The van der Waals surface area contributed by atoms with Crippen molar-refractivity contribution in [2.24, 2.45) is 23.0 Å². The molecular weight excluding hydrogens is 542 g/mol. The van der Waals surface area contributed by atoms with Crippen LogP contribution in [0.25, 0.3) is 5.76 Å². The first-order valence-electron chi connectivity index (χ1n) is 13.9. The van der Waals surface area contributed by atoms with Crippen LogP contribution in [0.1, 0.15) is 45.2 Å². The molecule has 0 aliphatic heterocycles. The predicted molar refractivity (Wildman–Crippen MR) is 158 cm³/mol. The number of rotatable bonds is 6. The number of allylic oxidation sites excluding steroid dienone is 2. The Kier molecular flexibility index (Phi) is 7.71. The average Bonchev–Trinajstić information content (AvgIpc) is 2.85. The van der Waals surface area contributed by atoms with Crippen LogP contribution in [-0.4, -0.2) is 89.9 Å². The predicted octanol–water partition coefficient (Wildman–Crippen LogP) is 1.63. The Bertz CT molecular complexity index is 1450. The van der Waals surface area contributed by atoms with E-state index < -0.39 is 69.5 Å². The van der Waals surface area contributed by atoms with Crippen molar-refractivity contribution >= 4 is 40.5 Å². The van der Waals surface area contributed by atoms with Gasteiger partial charge in [-0.1, -0.05) is 0 Å². The number of nitrogens with two attached hydrogens (primary N) is 1. The second-order valence-electron chi connectivity index (χ2n) is 13.1. The van der Waals surface area contributed by atoms with Crippen molar-refractivity contribution in [1.29, 1.82) is 0 Å². The number of hydrogen-bond donors (Lipinski definition) is 6. The van der Waals surface area contributed by atoms with E-state index in [1.165, 1.54) is 6.92 Å². The molecule has 0 aromatic heterocycles. The maximum absolute atomic E-state index is 14.3. The van der Waals surface area contributed by atoms with E-state index in [0.717, 1.165) is 0 Å². The Morgan fingerprint density at radius 2 is 1.74 bits per heavy atom. The largest absolute Gasteiger partial charge is 0.510 e. The van der Waals surface area contributed by atoms with Gasteiger partial charge in [0.2, 0.25) is 5.91 Å². The van der Waals surface area contributed by atoms with Gasteiger partial charge in [-0.2, -0.15) is 0 Å². The monoisotopic (exact) mass is 583 g/mol. The summed E-state index contributed by atoms with van der Waals surface area (Å²) in [5, 5.41) is 40.0. The molecule has 2 amide bonds. The van der Waals surface area contributed by atoms with Gasteiger partial charge in [0, 0.05) is 36.8 Å². The third-order valence-corrected chi connectivity index (χ3v) is 8.69. The fourth-order valence-corrected chi connectivity index (χ4v) is 6.62. The molecule has 4 atom stereocenters. The summed E-state index contributed by atoms with van der Waals surface area (Å²) in [6.45, 7) is 7.17. The maximum atomic E-state index is 14.3. The van der Waals surface area contributed by atoms with Gasteiger partial charge < -0.3 is 36.6 Å². The van der Waals surface area contributed by atoms with Crippen LogP contribution in [0.15, 0.2) is 23.0 Å². The maximum Gasteiger partial charge on any atom is 0.255 e. The molecule has 228 valence electrons. The number of aliphatic hydroxyl groups is 2. The normalized spacial score (nSPS) is 25.7. The van der Waals surface area contributed by atoms with Gasteiger partial charge in [0.25, 0.3) is 5.91 Å². The number of amides is 2. The highest BCUT2D eigenvalue weighted by molar-refractivity contribution is 6.24. The lowest BCUT2D eigenvalue weighted by molar-refractivity contribution is -0.139. The molecule has 3 aliphatic rings. The third-order valence-electron chi connectivity index (χ3n) is 8.69. The molecular formula is C30H41N5O7. The number of aromatic hydroxyl groups is 1. The van der Waals surface area contributed by atoms with Crippen LogP contribution >= 0.6 is 0 Å². The number of nitrogens with zero attached hydrogens (tertiary/aromatic N) is 2. The average molecular weight is 584 g/mol. The van der Waals surface area contributed by atoms with Crippen LogP contribution in [0.5, 0.6) is 5.75 Å². The van der Waals surface area contributed by atoms with Gasteiger partial charge in [-0.15, -0.1) is 0 Å². The first-order chi connectivity index (χ1) is 19.3. The second kappa shape index (κ2) is 10.4. The van der Waals surface area contributed by atoms with E-state index in [1.807, 2.05) is 20.8 Å². The molecule has 1 saturated carbocycles. The minimum Gasteiger partial charge on any atom is -0.510 e.